The van der Waals surface area contributed by atoms with Gasteiger partial charge in [0.15, 0.2) is 0 Å². The molecule has 0 unspecified atom stereocenters. The first-order chi connectivity index (χ1) is 5.11. The lowest BCUT2D eigenvalue weighted by Crippen LogP contribution is -2.01. The van der Waals surface area contributed by atoms with Crippen LogP contribution in [0.25, 0.3) is 0 Å². The van der Waals surface area contributed by atoms with E-state index in [1.165, 1.54) is 6.20 Å². The maximum atomic E-state index is 12.8. The van der Waals surface area contributed by atoms with Crippen molar-refractivity contribution < 1.29 is 4.39 Å². The summed E-state index contributed by atoms with van der Waals surface area (Å²) in [5.41, 5.74) is 1.21. The average Bonchev–Trinajstić information content (AvgIpc) is 1.94. The predicted molar refractivity (Wildman–Crippen MR) is 40.8 cm³/mol. The first-order valence-corrected chi connectivity index (χ1v) is 3.60. The number of halogens is 1. The fourth-order valence-corrected chi connectivity index (χ4v) is 0.849. The molecule has 0 aliphatic heterocycles. The molecule has 1 heterocycles. The van der Waals surface area contributed by atoms with Crippen molar-refractivity contribution in [2.45, 2.75) is 26.7 Å². The zero-order chi connectivity index (χ0) is 8.43. The van der Waals surface area contributed by atoms with Gasteiger partial charge in [-0.15, -0.1) is 0 Å². The molecule has 11 heavy (non-hydrogen) atoms. The van der Waals surface area contributed by atoms with E-state index < -0.39 is 5.95 Å². The number of aromatic nitrogens is 2. The highest BCUT2D eigenvalue weighted by atomic mass is 19.1. The molecule has 0 radical (unpaired) electrons. The van der Waals surface area contributed by atoms with Crippen molar-refractivity contribution in [2.75, 3.05) is 0 Å². The Morgan fingerprint density at radius 3 is 2.55 bits per heavy atom. The molecule has 3 heteroatoms. The molecule has 0 aliphatic rings. The molecule has 0 aromatic carbocycles. The zero-order valence-corrected chi connectivity index (χ0v) is 6.93. The second-order valence-electron chi connectivity index (χ2n) is 2.84. The minimum absolute atomic E-state index is 0.0994. The van der Waals surface area contributed by atoms with Crippen molar-refractivity contribution in [1.29, 1.82) is 0 Å². The van der Waals surface area contributed by atoms with E-state index >= 15 is 0 Å². The first kappa shape index (κ1) is 8.11. The van der Waals surface area contributed by atoms with E-state index in [2.05, 4.69) is 9.97 Å². The summed E-state index contributed by atoms with van der Waals surface area (Å²) in [4.78, 5) is 7.61. The van der Waals surface area contributed by atoms with Gasteiger partial charge in [-0.25, -0.2) is 4.98 Å². The summed E-state index contributed by atoms with van der Waals surface area (Å²) < 4.78 is 12.8. The van der Waals surface area contributed by atoms with Crippen molar-refractivity contribution in [2.24, 2.45) is 0 Å². The van der Waals surface area contributed by atoms with Gasteiger partial charge < -0.3 is 0 Å². The minimum Gasteiger partial charge on any atom is -0.252 e. The zero-order valence-electron chi connectivity index (χ0n) is 6.93. The summed E-state index contributed by atoms with van der Waals surface area (Å²) in [5.74, 6) is -0.354. The Labute approximate surface area is 65.5 Å². The molecule has 60 valence electrons. The van der Waals surface area contributed by atoms with Crippen LogP contribution < -0.4 is 0 Å². The van der Waals surface area contributed by atoms with Gasteiger partial charge in [0.1, 0.15) is 0 Å². The number of hydrogen-bond donors (Lipinski definition) is 0. The lowest BCUT2D eigenvalue weighted by molar-refractivity contribution is 0.541. The Kier molecular flexibility index (Phi) is 2.17. The lowest BCUT2D eigenvalue weighted by atomic mass is 10.1. The predicted octanol–water partition coefficient (Wildman–Crippen LogP) is 2.05. The van der Waals surface area contributed by atoms with Gasteiger partial charge in [-0.2, -0.15) is 4.39 Å². The second kappa shape index (κ2) is 2.95. The fraction of sp³-hybridized carbons (Fsp3) is 0.500. The molecular weight excluding hydrogens is 143 g/mol. The van der Waals surface area contributed by atoms with E-state index in [0.29, 0.717) is 5.69 Å². The maximum Gasteiger partial charge on any atom is 0.234 e. The molecule has 0 atom stereocenters. The third kappa shape index (κ3) is 1.73. The molecule has 0 bridgehead atoms. The molecule has 0 spiro atoms. The van der Waals surface area contributed by atoms with Gasteiger partial charge >= 0.3 is 0 Å². The molecule has 0 saturated heterocycles. The number of aryl methyl sites for hydroxylation is 1. The van der Waals surface area contributed by atoms with Crippen LogP contribution in [0.1, 0.15) is 31.2 Å². The largest absolute Gasteiger partial charge is 0.252 e. The Morgan fingerprint density at radius 1 is 1.45 bits per heavy atom. The monoisotopic (exact) mass is 154 g/mol. The smallest absolute Gasteiger partial charge is 0.234 e. The molecule has 0 aliphatic carbocycles. The summed E-state index contributed by atoms with van der Waals surface area (Å²) in [6.07, 6.45) is 1.43. The highest BCUT2D eigenvalue weighted by Gasteiger charge is 2.08. The van der Waals surface area contributed by atoms with Crippen LogP contribution in [0.5, 0.6) is 0 Å². The van der Waals surface area contributed by atoms with Crippen LogP contribution in [0.3, 0.4) is 0 Å². The molecule has 0 amide bonds. The van der Waals surface area contributed by atoms with E-state index in [-0.39, 0.29) is 5.92 Å². The number of rotatable bonds is 1. The molecule has 0 saturated carbocycles. The first-order valence-electron chi connectivity index (χ1n) is 3.60. The number of hydrogen-bond acceptors (Lipinski definition) is 2. The third-order valence-corrected chi connectivity index (χ3v) is 1.42. The molecule has 1 rings (SSSR count). The molecule has 1 aromatic rings. The lowest BCUT2D eigenvalue weighted by Gasteiger charge is -2.04. The molecule has 1 aromatic heterocycles. The van der Waals surface area contributed by atoms with Crippen LogP contribution in [-0.4, -0.2) is 9.97 Å². The van der Waals surface area contributed by atoms with E-state index in [4.69, 9.17) is 0 Å². The average molecular weight is 154 g/mol. The van der Waals surface area contributed by atoms with E-state index in [1.807, 2.05) is 13.8 Å². The van der Waals surface area contributed by atoms with Crippen molar-refractivity contribution in [3.63, 3.8) is 0 Å². The van der Waals surface area contributed by atoms with Crippen LogP contribution in [-0.2, 0) is 0 Å². The van der Waals surface area contributed by atoms with Gasteiger partial charge in [-0.3, -0.25) is 4.98 Å². The van der Waals surface area contributed by atoms with Gasteiger partial charge in [0.25, 0.3) is 0 Å². The van der Waals surface area contributed by atoms with Crippen LogP contribution in [0, 0.1) is 12.9 Å². The summed E-state index contributed by atoms with van der Waals surface area (Å²) >= 11 is 0. The van der Waals surface area contributed by atoms with E-state index in [1.54, 1.807) is 6.92 Å². The van der Waals surface area contributed by atoms with Crippen LogP contribution in [0.15, 0.2) is 6.20 Å². The number of nitrogens with zero attached hydrogens (tertiary/aromatic N) is 2. The van der Waals surface area contributed by atoms with Gasteiger partial charge in [0.05, 0.1) is 17.6 Å². The van der Waals surface area contributed by atoms with Gasteiger partial charge in [-0.1, -0.05) is 13.8 Å². The van der Waals surface area contributed by atoms with Crippen molar-refractivity contribution in [1.82, 2.24) is 9.97 Å². The fourth-order valence-electron chi connectivity index (χ4n) is 0.849. The maximum absolute atomic E-state index is 12.8. The Bertz CT molecular complexity index is 258. The molecular formula is C8H11FN2. The van der Waals surface area contributed by atoms with Crippen LogP contribution in [0.4, 0.5) is 4.39 Å². The van der Waals surface area contributed by atoms with Crippen molar-refractivity contribution >= 4 is 0 Å². The summed E-state index contributed by atoms with van der Waals surface area (Å²) in [6, 6.07) is 0. The normalized spacial score (nSPS) is 10.6. The summed E-state index contributed by atoms with van der Waals surface area (Å²) in [7, 11) is 0. The van der Waals surface area contributed by atoms with Gasteiger partial charge in [0.2, 0.25) is 5.95 Å². The second-order valence-corrected chi connectivity index (χ2v) is 2.84. The van der Waals surface area contributed by atoms with Crippen LogP contribution >= 0.6 is 0 Å². The van der Waals surface area contributed by atoms with E-state index in [0.717, 1.165) is 5.69 Å². The van der Waals surface area contributed by atoms with Crippen LogP contribution in [0.2, 0.25) is 0 Å². The topological polar surface area (TPSA) is 25.8 Å². The minimum atomic E-state index is -0.453. The third-order valence-electron chi connectivity index (χ3n) is 1.42. The molecule has 2 nitrogen and oxygen atoms in total. The Balaban J connectivity index is 3.13. The summed E-state index contributed by atoms with van der Waals surface area (Å²) in [5, 5.41) is 0. The van der Waals surface area contributed by atoms with E-state index in [9.17, 15) is 4.39 Å². The van der Waals surface area contributed by atoms with Gasteiger partial charge in [-0.05, 0) is 6.92 Å². The quantitative estimate of drug-likeness (QED) is 0.618. The standard InChI is InChI=1S/C8H11FN2/c1-5(2)7-8(9)10-4-6(3)11-7/h4-5H,1-3H3. The molecule has 0 N–H and O–H groups in total. The Hall–Kier alpha value is -0.990. The molecule has 0 fully saturated rings. The Morgan fingerprint density at radius 2 is 2.09 bits per heavy atom. The SMILES string of the molecule is Cc1cnc(F)c(C(C)C)n1. The highest BCUT2D eigenvalue weighted by Crippen LogP contribution is 2.13. The van der Waals surface area contributed by atoms with Crippen molar-refractivity contribution in [3.05, 3.63) is 23.5 Å². The summed E-state index contributed by atoms with van der Waals surface area (Å²) in [6.45, 7) is 5.59. The van der Waals surface area contributed by atoms with Crippen molar-refractivity contribution in [3.8, 4) is 0 Å². The highest BCUT2D eigenvalue weighted by molar-refractivity contribution is 5.07. The van der Waals surface area contributed by atoms with Gasteiger partial charge in [0, 0.05) is 5.92 Å².